The molecule has 1 unspecified atom stereocenters. The Kier molecular flexibility index (Phi) is 7.76. The quantitative estimate of drug-likeness (QED) is 0.356. The molecule has 1 aliphatic heterocycles. The van der Waals surface area contributed by atoms with E-state index in [0.717, 1.165) is 25.7 Å². The van der Waals surface area contributed by atoms with Crippen molar-refractivity contribution in [2.24, 2.45) is 10.4 Å². The van der Waals surface area contributed by atoms with Crippen molar-refractivity contribution in [2.75, 3.05) is 39.2 Å². The van der Waals surface area contributed by atoms with Crippen LogP contribution < -0.4 is 10.6 Å². The van der Waals surface area contributed by atoms with E-state index in [9.17, 15) is 13.2 Å². The number of aliphatic imine (C=N–C) groups is 1. The van der Waals surface area contributed by atoms with E-state index in [0.29, 0.717) is 18.9 Å². The van der Waals surface area contributed by atoms with Gasteiger partial charge in [0.25, 0.3) is 0 Å². The monoisotopic (exact) mass is 472 g/mol. The molecule has 24 heavy (non-hydrogen) atoms. The second-order valence-corrected chi connectivity index (χ2v) is 9.09. The summed E-state index contributed by atoms with van der Waals surface area (Å²) in [5.74, 6) is 1.10. The number of hydrogen-bond donors (Lipinski definition) is 2. The molecule has 1 atom stereocenters. The number of halogens is 1. The molecule has 1 saturated heterocycles. The molecule has 1 heterocycles. The summed E-state index contributed by atoms with van der Waals surface area (Å²) < 4.78 is 23.1. The molecule has 1 amide bonds. The highest BCUT2D eigenvalue weighted by atomic mass is 127. The van der Waals surface area contributed by atoms with Crippen molar-refractivity contribution >= 4 is 45.7 Å². The van der Waals surface area contributed by atoms with E-state index in [-0.39, 0.29) is 52.8 Å². The Balaban J connectivity index is 0.00000288. The lowest BCUT2D eigenvalue weighted by atomic mass is 9.84. The van der Waals surface area contributed by atoms with E-state index < -0.39 is 9.84 Å². The van der Waals surface area contributed by atoms with Gasteiger partial charge in [0.1, 0.15) is 0 Å². The highest BCUT2D eigenvalue weighted by Gasteiger charge is 2.42. The van der Waals surface area contributed by atoms with Gasteiger partial charge in [-0.05, 0) is 19.3 Å². The zero-order valence-corrected chi connectivity index (χ0v) is 17.8. The minimum atomic E-state index is -2.92. The molecule has 140 valence electrons. The van der Waals surface area contributed by atoms with Crippen molar-refractivity contribution in [1.29, 1.82) is 0 Å². The minimum absolute atomic E-state index is 0. The molecule has 7 nitrogen and oxygen atoms in total. The first kappa shape index (κ1) is 21.5. The fraction of sp³-hybridized carbons (Fsp3) is 0.867. The second-order valence-electron chi connectivity index (χ2n) is 6.86. The van der Waals surface area contributed by atoms with Gasteiger partial charge < -0.3 is 15.5 Å². The molecule has 0 aromatic carbocycles. The van der Waals surface area contributed by atoms with Crippen molar-refractivity contribution in [3.63, 3.8) is 0 Å². The normalized spacial score (nSPS) is 25.0. The van der Waals surface area contributed by atoms with Crippen molar-refractivity contribution in [3.05, 3.63) is 0 Å². The standard InChI is InChI=1S/C15H28N4O3S.HI/c1-16-14(18-12-6-9-23(21,22)10-12)17-11-15(7-4-5-8-15)13(20)19(2)3;/h12H,4-11H2,1-3H3,(H2,16,17,18);1H. The molecule has 2 aliphatic rings. The average molecular weight is 472 g/mol. The van der Waals surface area contributed by atoms with Gasteiger partial charge >= 0.3 is 0 Å². The molecule has 0 aromatic rings. The smallest absolute Gasteiger partial charge is 0.230 e. The van der Waals surface area contributed by atoms with Crippen LogP contribution in [0.3, 0.4) is 0 Å². The van der Waals surface area contributed by atoms with Gasteiger partial charge in [0.2, 0.25) is 5.91 Å². The maximum absolute atomic E-state index is 12.5. The van der Waals surface area contributed by atoms with Gasteiger partial charge in [0.15, 0.2) is 15.8 Å². The van der Waals surface area contributed by atoms with Gasteiger partial charge in [-0.25, -0.2) is 8.42 Å². The Morgan fingerprint density at radius 3 is 2.38 bits per heavy atom. The Labute approximate surface area is 162 Å². The van der Waals surface area contributed by atoms with E-state index in [1.165, 1.54) is 0 Å². The fourth-order valence-corrected chi connectivity index (χ4v) is 5.22. The van der Waals surface area contributed by atoms with E-state index >= 15 is 0 Å². The highest BCUT2D eigenvalue weighted by Crippen LogP contribution is 2.38. The van der Waals surface area contributed by atoms with Crippen LogP contribution in [0, 0.1) is 5.41 Å². The predicted molar refractivity (Wildman–Crippen MR) is 107 cm³/mol. The molecule has 1 aliphatic carbocycles. The van der Waals surface area contributed by atoms with E-state index in [4.69, 9.17) is 0 Å². The Hall–Kier alpha value is -0.580. The molecule has 2 fully saturated rings. The summed E-state index contributed by atoms with van der Waals surface area (Å²) in [5, 5.41) is 6.40. The summed E-state index contributed by atoms with van der Waals surface area (Å²) in [5.41, 5.74) is -0.372. The first-order valence-electron chi connectivity index (χ1n) is 8.17. The van der Waals surface area contributed by atoms with E-state index in [1.54, 1.807) is 26.0 Å². The molecule has 2 rings (SSSR count). The SMILES string of the molecule is CN=C(NCC1(C(=O)N(C)C)CCCC1)NC1CCS(=O)(=O)C1.I. The first-order chi connectivity index (χ1) is 10.8. The van der Waals surface area contributed by atoms with Crippen molar-refractivity contribution < 1.29 is 13.2 Å². The Morgan fingerprint density at radius 2 is 1.92 bits per heavy atom. The maximum Gasteiger partial charge on any atom is 0.230 e. The molecule has 1 saturated carbocycles. The van der Waals surface area contributed by atoms with Gasteiger partial charge in [-0.2, -0.15) is 0 Å². The molecule has 2 N–H and O–H groups in total. The lowest BCUT2D eigenvalue weighted by Gasteiger charge is -2.31. The van der Waals surface area contributed by atoms with E-state index in [2.05, 4.69) is 15.6 Å². The molecule has 0 aromatic heterocycles. The number of carbonyl (C=O) groups excluding carboxylic acids is 1. The van der Waals surface area contributed by atoms with Gasteiger partial charge in [-0.15, -0.1) is 24.0 Å². The Bertz CT molecular complexity index is 571. The molecule has 0 spiro atoms. The van der Waals surface area contributed by atoms with Gasteiger partial charge in [-0.1, -0.05) is 12.8 Å². The first-order valence-corrected chi connectivity index (χ1v) is 9.99. The van der Waals surface area contributed by atoms with Crippen LogP contribution in [0.4, 0.5) is 0 Å². The molecule has 9 heteroatoms. The van der Waals surface area contributed by atoms with E-state index in [1.807, 2.05) is 0 Å². The third kappa shape index (κ3) is 5.21. The summed E-state index contributed by atoms with van der Waals surface area (Å²) in [7, 11) is 2.32. The van der Waals surface area contributed by atoms with Gasteiger partial charge in [0.05, 0.1) is 16.9 Å². The summed E-state index contributed by atoms with van der Waals surface area (Å²) in [6.07, 6.45) is 4.49. The van der Waals surface area contributed by atoms with Crippen LogP contribution in [0.15, 0.2) is 4.99 Å². The zero-order chi connectivity index (χ0) is 17.1. The maximum atomic E-state index is 12.5. The van der Waals surface area contributed by atoms with Crippen LogP contribution in [0.1, 0.15) is 32.1 Å². The topological polar surface area (TPSA) is 90.9 Å². The number of sulfone groups is 1. The lowest BCUT2D eigenvalue weighted by Crippen LogP contribution is -2.51. The number of nitrogens with zero attached hydrogens (tertiary/aromatic N) is 2. The van der Waals surface area contributed by atoms with Crippen LogP contribution >= 0.6 is 24.0 Å². The molecule has 0 radical (unpaired) electrons. The van der Waals surface area contributed by atoms with Crippen LogP contribution in [0.5, 0.6) is 0 Å². The lowest BCUT2D eigenvalue weighted by molar-refractivity contribution is -0.138. The van der Waals surface area contributed by atoms with Crippen LogP contribution in [0.25, 0.3) is 0 Å². The fourth-order valence-electron chi connectivity index (χ4n) is 3.54. The number of guanidine groups is 1. The number of carbonyl (C=O) groups is 1. The van der Waals surface area contributed by atoms with Crippen LogP contribution in [-0.4, -0.2) is 70.4 Å². The second kappa shape index (κ2) is 8.68. The van der Waals surface area contributed by atoms with Crippen molar-refractivity contribution in [3.8, 4) is 0 Å². The van der Waals surface area contributed by atoms with Gasteiger partial charge in [-0.3, -0.25) is 9.79 Å². The van der Waals surface area contributed by atoms with Crippen molar-refractivity contribution in [1.82, 2.24) is 15.5 Å². The highest BCUT2D eigenvalue weighted by molar-refractivity contribution is 14.0. The summed E-state index contributed by atoms with van der Waals surface area (Å²) in [6, 6.07) is -0.102. The van der Waals surface area contributed by atoms with Crippen LogP contribution in [-0.2, 0) is 14.6 Å². The minimum Gasteiger partial charge on any atom is -0.355 e. The predicted octanol–water partition coefficient (Wildman–Crippen LogP) is 0.605. The number of rotatable bonds is 4. The summed E-state index contributed by atoms with van der Waals surface area (Å²) >= 11 is 0. The average Bonchev–Trinajstić information content (AvgIpc) is 3.10. The third-order valence-corrected chi connectivity index (χ3v) is 6.58. The zero-order valence-electron chi connectivity index (χ0n) is 14.7. The number of hydrogen-bond acceptors (Lipinski definition) is 4. The summed E-state index contributed by atoms with van der Waals surface area (Å²) in [6.45, 7) is 0.531. The Morgan fingerprint density at radius 1 is 1.29 bits per heavy atom. The number of amides is 1. The summed E-state index contributed by atoms with van der Waals surface area (Å²) in [4.78, 5) is 18.4. The van der Waals surface area contributed by atoms with Crippen molar-refractivity contribution in [2.45, 2.75) is 38.1 Å². The van der Waals surface area contributed by atoms with Crippen LogP contribution in [0.2, 0.25) is 0 Å². The molecule has 0 bridgehead atoms. The third-order valence-electron chi connectivity index (χ3n) is 4.81. The number of nitrogens with one attached hydrogen (secondary N) is 2. The molecular formula is C15H29IN4O3S. The van der Waals surface area contributed by atoms with Gasteiger partial charge in [0, 0.05) is 33.7 Å². The largest absolute Gasteiger partial charge is 0.355 e. The molecular weight excluding hydrogens is 443 g/mol.